The minimum Gasteiger partial charge on any atom is -0.492 e. The van der Waals surface area contributed by atoms with E-state index >= 15 is 0 Å². The molecule has 1 aliphatic heterocycles. The quantitative estimate of drug-likeness (QED) is 0.695. The second-order valence-electron chi connectivity index (χ2n) is 6.90. The van der Waals surface area contributed by atoms with Gasteiger partial charge in [-0.25, -0.2) is 8.78 Å². The molecule has 1 atom stereocenters. The summed E-state index contributed by atoms with van der Waals surface area (Å²) in [6.45, 7) is 0.492. The van der Waals surface area contributed by atoms with Crippen molar-refractivity contribution >= 4 is 10.9 Å². The van der Waals surface area contributed by atoms with E-state index in [0.29, 0.717) is 12.3 Å². The van der Waals surface area contributed by atoms with Crippen LogP contribution >= 0.6 is 0 Å². The molecule has 0 spiro atoms. The monoisotopic (exact) mass is 357 g/mol. The van der Waals surface area contributed by atoms with Crippen LogP contribution in [0.4, 0.5) is 8.78 Å². The van der Waals surface area contributed by atoms with Gasteiger partial charge in [-0.15, -0.1) is 0 Å². The van der Waals surface area contributed by atoms with E-state index in [4.69, 9.17) is 4.74 Å². The number of likely N-dealkylation sites (tertiary alicyclic amines) is 1. The van der Waals surface area contributed by atoms with Crippen LogP contribution in [0.5, 0.6) is 5.75 Å². The van der Waals surface area contributed by atoms with E-state index in [9.17, 15) is 8.78 Å². The molecule has 4 rings (SSSR count). The molecule has 1 fully saturated rings. The SMILES string of the molecule is Cn1cc(CN2CC(F)(F)C[C@H]2COc2ccncc2)c2ccccc21. The number of hydrogen-bond acceptors (Lipinski definition) is 3. The van der Waals surface area contributed by atoms with Crippen LogP contribution in [-0.2, 0) is 13.6 Å². The Morgan fingerprint density at radius 2 is 1.96 bits per heavy atom. The Bertz CT molecular complexity index is 894. The number of aromatic nitrogens is 2. The van der Waals surface area contributed by atoms with Gasteiger partial charge in [0.1, 0.15) is 12.4 Å². The number of fused-ring (bicyclic) bond motifs is 1. The smallest absolute Gasteiger partial charge is 0.262 e. The third-order valence-electron chi connectivity index (χ3n) is 4.93. The molecular weight excluding hydrogens is 336 g/mol. The highest BCUT2D eigenvalue weighted by Gasteiger charge is 2.45. The number of ether oxygens (including phenoxy) is 1. The van der Waals surface area contributed by atoms with Gasteiger partial charge in [-0.1, -0.05) is 18.2 Å². The lowest BCUT2D eigenvalue weighted by Gasteiger charge is -2.23. The number of alkyl halides is 2. The number of benzene rings is 1. The van der Waals surface area contributed by atoms with Crippen LogP contribution in [0.25, 0.3) is 10.9 Å². The normalized spacial score (nSPS) is 19.9. The van der Waals surface area contributed by atoms with Crippen LogP contribution in [0, 0.1) is 0 Å². The minimum atomic E-state index is -2.68. The lowest BCUT2D eigenvalue weighted by atomic mass is 10.1. The van der Waals surface area contributed by atoms with Gasteiger partial charge < -0.3 is 9.30 Å². The maximum absolute atomic E-state index is 14.1. The van der Waals surface area contributed by atoms with Crippen molar-refractivity contribution in [2.45, 2.75) is 24.9 Å². The molecule has 0 aliphatic carbocycles. The van der Waals surface area contributed by atoms with E-state index in [2.05, 4.69) is 4.98 Å². The molecule has 2 aromatic heterocycles. The van der Waals surface area contributed by atoms with Gasteiger partial charge >= 0.3 is 0 Å². The van der Waals surface area contributed by atoms with Crippen LogP contribution in [0.3, 0.4) is 0 Å². The highest BCUT2D eigenvalue weighted by Crippen LogP contribution is 2.34. The predicted octanol–water partition coefficient (Wildman–Crippen LogP) is 3.86. The molecular formula is C20H21F2N3O. The van der Waals surface area contributed by atoms with Gasteiger partial charge in [-0.2, -0.15) is 0 Å². The summed E-state index contributed by atoms with van der Waals surface area (Å²) < 4.78 is 35.9. The lowest BCUT2D eigenvalue weighted by Crippen LogP contribution is -2.34. The summed E-state index contributed by atoms with van der Waals surface area (Å²) in [6.07, 6.45) is 5.11. The van der Waals surface area contributed by atoms with Crippen molar-refractivity contribution in [2.75, 3.05) is 13.2 Å². The van der Waals surface area contributed by atoms with E-state index in [-0.39, 0.29) is 25.6 Å². The molecule has 4 nitrogen and oxygen atoms in total. The molecule has 0 saturated carbocycles. The fourth-order valence-electron chi connectivity index (χ4n) is 3.71. The summed E-state index contributed by atoms with van der Waals surface area (Å²) in [4.78, 5) is 5.77. The number of halogens is 2. The molecule has 3 heterocycles. The molecule has 1 saturated heterocycles. The lowest BCUT2D eigenvalue weighted by molar-refractivity contribution is 0.0112. The minimum absolute atomic E-state index is 0.178. The number of rotatable bonds is 5. The van der Waals surface area contributed by atoms with Gasteiger partial charge in [0.2, 0.25) is 0 Å². The average molecular weight is 357 g/mol. The van der Waals surface area contributed by atoms with E-state index in [0.717, 1.165) is 16.5 Å². The maximum Gasteiger partial charge on any atom is 0.262 e. The fourth-order valence-corrected chi connectivity index (χ4v) is 3.71. The number of hydrogen-bond donors (Lipinski definition) is 0. The first kappa shape index (κ1) is 17.0. The van der Waals surface area contributed by atoms with Gasteiger partial charge in [0, 0.05) is 49.5 Å². The van der Waals surface area contributed by atoms with E-state index in [1.807, 2.05) is 47.0 Å². The summed E-state index contributed by atoms with van der Waals surface area (Å²) in [5.41, 5.74) is 2.17. The number of aryl methyl sites for hydroxylation is 1. The molecule has 3 aromatic rings. The van der Waals surface area contributed by atoms with Crippen molar-refractivity contribution in [2.24, 2.45) is 7.05 Å². The Morgan fingerprint density at radius 3 is 2.77 bits per heavy atom. The largest absolute Gasteiger partial charge is 0.492 e. The van der Waals surface area contributed by atoms with E-state index < -0.39 is 5.92 Å². The summed E-state index contributed by atoms with van der Waals surface area (Å²) in [6, 6.07) is 11.2. The second-order valence-corrected chi connectivity index (χ2v) is 6.90. The number of pyridine rings is 1. The molecule has 0 radical (unpaired) electrons. The Kier molecular flexibility index (Phi) is 4.36. The van der Waals surface area contributed by atoms with Crippen LogP contribution in [0.1, 0.15) is 12.0 Å². The van der Waals surface area contributed by atoms with Crippen LogP contribution < -0.4 is 4.74 Å². The zero-order valence-electron chi connectivity index (χ0n) is 14.6. The zero-order chi connectivity index (χ0) is 18.1. The molecule has 0 bridgehead atoms. The molecule has 0 unspecified atom stereocenters. The first-order valence-electron chi connectivity index (χ1n) is 8.69. The van der Waals surface area contributed by atoms with Gasteiger partial charge in [0.25, 0.3) is 5.92 Å². The van der Waals surface area contributed by atoms with Crippen molar-refractivity contribution in [3.63, 3.8) is 0 Å². The molecule has 0 N–H and O–H groups in total. The third kappa shape index (κ3) is 3.42. The molecule has 26 heavy (non-hydrogen) atoms. The van der Waals surface area contributed by atoms with Gasteiger partial charge in [-0.3, -0.25) is 9.88 Å². The molecule has 6 heteroatoms. The van der Waals surface area contributed by atoms with Crippen molar-refractivity contribution in [1.29, 1.82) is 0 Å². The Morgan fingerprint density at radius 1 is 1.19 bits per heavy atom. The summed E-state index contributed by atoms with van der Waals surface area (Å²) in [5, 5.41) is 1.11. The third-order valence-corrected chi connectivity index (χ3v) is 4.93. The highest BCUT2D eigenvalue weighted by atomic mass is 19.3. The van der Waals surface area contributed by atoms with Crippen molar-refractivity contribution in [3.8, 4) is 5.75 Å². The Balaban J connectivity index is 1.53. The van der Waals surface area contributed by atoms with Crippen molar-refractivity contribution in [1.82, 2.24) is 14.5 Å². The Hall–Kier alpha value is -2.47. The van der Waals surface area contributed by atoms with Gasteiger partial charge in [-0.05, 0) is 23.8 Å². The van der Waals surface area contributed by atoms with Crippen molar-refractivity contribution in [3.05, 3.63) is 60.6 Å². The average Bonchev–Trinajstić information content (AvgIpc) is 3.10. The van der Waals surface area contributed by atoms with E-state index in [1.54, 1.807) is 24.5 Å². The topological polar surface area (TPSA) is 30.3 Å². The molecule has 0 amide bonds. The van der Waals surface area contributed by atoms with E-state index in [1.165, 1.54) is 0 Å². The number of para-hydroxylation sites is 1. The summed E-state index contributed by atoms with van der Waals surface area (Å²) in [7, 11) is 1.98. The van der Waals surface area contributed by atoms with Crippen LogP contribution in [0.15, 0.2) is 55.0 Å². The predicted molar refractivity (Wildman–Crippen MR) is 96.4 cm³/mol. The Labute approximate surface area is 151 Å². The number of nitrogens with zero attached hydrogens (tertiary/aromatic N) is 3. The van der Waals surface area contributed by atoms with Crippen LogP contribution in [0.2, 0.25) is 0 Å². The standard InChI is InChI=1S/C20H21F2N3O/c1-24-11-15(18-4-2-3-5-19(18)24)12-25-14-20(21,22)10-16(25)13-26-17-6-8-23-9-7-17/h2-9,11,16H,10,12-14H2,1H3/t16-/m0/s1. The summed E-state index contributed by atoms with van der Waals surface area (Å²) >= 11 is 0. The maximum atomic E-state index is 14.1. The van der Waals surface area contributed by atoms with Gasteiger partial charge in [0.05, 0.1) is 12.6 Å². The van der Waals surface area contributed by atoms with Gasteiger partial charge in [0.15, 0.2) is 0 Å². The first-order valence-corrected chi connectivity index (χ1v) is 8.69. The molecule has 136 valence electrons. The second kappa shape index (κ2) is 6.68. The first-order chi connectivity index (χ1) is 12.5. The fraction of sp³-hybridized carbons (Fsp3) is 0.350. The molecule has 1 aliphatic rings. The summed E-state index contributed by atoms with van der Waals surface area (Å²) in [5.74, 6) is -2.03. The molecule has 1 aromatic carbocycles. The highest BCUT2D eigenvalue weighted by molar-refractivity contribution is 5.83. The van der Waals surface area contributed by atoms with Crippen molar-refractivity contribution < 1.29 is 13.5 Å². The zero-order valence-corrected chi connectivity index (χ0v) is 14.6. The van der Waals surface area contributed by atoms with Crippen LogP contribution in [-0.4, -0.2) is 39.6 Å².